The molecule has 0 unspecified atom stereocenters. The molecule has 0 saturated carbocycles. The van der Waals surface area contributed by atoms with Crippen LogP contribution >= 0.6 is 11.5 Å². The number of aromatic nitrogens is 2. The number of oxime groups is 1. The maximum atomic E-state index is 11.3. The van der Waals surface area contributed by atoms with Gasteiger partial charge in [-0.25, -0.2) is 4.79 Å². The largest absolute Gasteiger partial charge is 0.457 e. The van der Waals surface area contributed by atoms with Gasteiger partial charge in [0, 0.05) is 11.5 Å². The van der Waals surface area contributed by atoms with E-state index in [2.05, 4.69) is 14.5 Å². The summed E-state index contributed by atoms with van der Waals surface area (Å²) in [4.78, 5) is 30.4. The van der Waals surface area contributed by atoms with Crippen LogP contribution in [-0.2, 0) is 19.2 Å². The number of nitrogens with two attached hydrogens (primary N) is 1. The second kappa shape index (κ2) is 6.23. The Bertz CT molecular complexity index is 492. The molecular weight excluding hydrogens is 272 g/mol. The predicted octanol–water partition coefficient (Wildman–Crippen LogP) is 0.292. The smallest absolute Gasteiger partial charge is 0.347 e. The van der Waals surface area contributed by atoms with Crippen molar-refractivity contribution in [3.05, 3.63) is 5.82 Å². The second-order valence-corrected chi connectivity index (χ2v) is 5.14. The second-order valence-electron chi connectivity index (χ2n) is 4.36. The molecule has 2 N–H and O–H groups in total. The number of nitrogens with zero attached hydrogens (tertiary/aromatic N) is 3. The lowest BCUT2D eigenvalue weighted by Crippen LogP contribution is -2.26. The number of nitrogen functional groups attached to an aromatic ring is 1. The van der Waals surface area contributed by atoms with Gasteiger partial charge in [-0.3, -0.25) is 4.79 Å². The van der Waals surface area contributed by atoms with E-state index in [0.717, 1.165) is 11.5 Å². The predicted molar refractivity (Wildman–Crippen MR) is 68.3 cm³/mol. The van der Waals surface area contributed by atoms with E-state index in [1.807, 2.05) is 0 Å². The van der Waals surface area contributed by atoms with Gasteiger partial charge < -0.3 is 15.3 Å². The number of ether oxygens (including phenoxy) is 1. The van der Waals surface area contributed by atoms with Crippen molar-refractivity contribution in [3.8, 4) is 0 Å². The highest BCUT2D eigenvalue weighted by Crippen LogP contribution is 2.08. The lowest BCUT2D eigenvalue weighted by molar-refractivity contribution is -0.160. The first-order chi connectivity index (χ1) is 8.81. The molecule has 1 heterocycles. The van der Waals surface area contributed by atoms with Crippen molar-refractivity contribution >= 4 is 34.6 Å². The highest BCUT2D eigenvalue weighted by Gasteiger charge is 2.17. The summed E-state index contributed by atoms with van der Waals surface area (Å²) >= 11 is 0.905. The Morgan fingerprint density at radius 1 is 1.53 bits per heavy atom. The summed E-state index contributed by atoms with van der Waals surface area (Å²) in [5, 5.41) is 3.60. The first-order valence-electron chi connectivity index (χ1n) is 5.21. The molecule has 0 aliphatic carbocycles. The van der Waals surface area contributed by atoms with Gasteiger partial charge in [0.2, 0.25) is 12.4 Å². The van der Waals surface area contributed by atoms with Crippen LogP contribution in [0.1, 0.15) is 26.6 Å². The molecular formula is C10H13N4O4S. The Morgan fingerprint density at radius 2 is 2.21 bits per heavy atom. The highest BCUT2D eigenvalue weighted by molar-refractivity contribution is 7.09. The van der Waals surface area contributed by atoms with Crippen LogP contribution in [-0.4, -0.2) is 39.5 Å². The summed E-state index contributed by atoms with van der Waals surface area (Å²) in [5.41, 5.74) is 4.48. The first-order valence-corrected chi connectivity index (χ1v) is 5.98. The van der Waals surface area contributed by atoms with Crippen LogP contribution in [0, 0.1) is 0 Å². The minimum Gasteiger partial charge on any atom is -0.457 e. The fraction of sp³-hybridized carbons (Fsp3) is 0.500. The molecule has 0 atom stereocenters. The average molecular weight is 285 g/mol. The molecule has 0 spiro atoms. The van der Waals surface area contributed by atoms with E-state index < -0.39 is 18.2 Å². The van der Waals surface area contributed by atoms with Crippen LogP contribution < -0.4 is 5.73 Å². The van der Waals surface area contributed by atoms with Gasteiger partial charge in [-0.2, -0.15) is 9.36 Å². The van der Waals surface area contributed by atoms with Gasteiger partial charge in [0.05, 0.1) is 0 Å². The van der Waals surface area contributed by atoms with E-state index >= 15 is 0 Å². The van der Waals surface area contributed by atoms with Crippen molar-refractivity contribution in [2.45, 2.75) is 26.4 Å². The molecule has 0 aromatic carbocycles. The van der Waals surface area contributed by atoms with Crippen molar-refractivity contribution in [3.63, 3.8) is 0 Å². The Balaban J connectivity index is 2.55. The molecule has 0 saturated heterocycles. The number of hydrogen-bond acceptors (Lipinski definition) is 9. The van der Waals surface area contributed by atoms with E-state index in [1.54, 1.807) is 20.8 Å². The fourth-order valence-corrected chi connectivity index (χ4v) is 1.39. The third kappa shape index (κ3) is 5.42. The molecule has 0 bridgehead atoms. The van der Waals surface area contributed by atoms with Gasteiger partial charge in [-0.05, 0) is 20.8 Å². The summed E-state index contributed by atoms with van der Waals surface area (Å²) in [5.74, 6) is -0.603. The molecule has 0 aliphatic rings. The molecule has 103 valence electrons. The van der Waals surface area contributed by atoms with Gasteiger partial charge in [0.1, 0.15) is 5.60 Å². The van der Waals surface area contributed by atoms with Crippen molar-refractivity contribution in [2.24, 2.45) is 5.16 Å². The molecule has 1 rings (SSSR count). The topological polar surface area (TPSA) is 117 Å². The highest BCUT2D eigenvalue weighted by atomic mass is 32.1. The van der Waals surface area contributed by atoms with E-state index in [0.29, 0.717) is 0 Å². The van der Waals surface area contributed by atoms with E-state index in [-0.39, 0.29) is 16.7 Å². The van der Waals surface area contributed by atoms with Crippen LogP contribution in [0.4, 0.5) is 5.13 Å². The monoisotopic (exact) mass is 285 g/mol. The fourth-order valence-electron chi connectivity index (χ4n) is 0.957. The van der Waals surface area contributed by atoms with Gasteiger partial charge in [-0.1, -0.05) is 5.16 Å². The zero-order chi connectivity index (χ0) is 14.5. The van der Waals surface area contributed by atoms with Gasteiger partial charge in [0.15, 0.2) is 10.8 Å². The molecule has 9 heteroatoms. The third-order valence-corrected chi connectivity index (χ3v) is 2.05. The summed E-state index contributed by atoms with van der Waals surface area (Å²) in [6, 6.07) is 0. The normalized spacial score (nSPS) is 12.1. The Hall–Kier alpha value is -2.03. The van der Waals surface area contributed by atoms with E-state index in [1.165, 1.54) is 6.29 Å². The Kier molecular flexibility index (Phi) is 4.93. The standard InChI is InChI=1S/C10H13N4O4S/c1-10(2,3)18-7(16)5-17-13-6(4-15)8-12-9(11)19-14-8/h5H2,1-3H3,(H2,11,12,14)/b13-6+. The zero-order valence-electron chi connectivity index (χ0n) is 10.7. The van der Waals surface area contributed by atoms with Crippen molar-refractivity contribution in [2.75, 3.05) is 12.3 Å². The summed E-state index contributed by atoms with van der Waals surface area (Å²) in [6.07, 6.45) is 1.50. The maximum Gasteiger partial charge on any atom is 0.347 e. The number of carbonyl (C=O) groups excluding carboxylic acids is 2. The first kappa shape index (κ1) is 15.0. The average Bonchev–Trinajstić information content (AvgIpc) is 2.68. The van der Waals surface area contributed by atoms with Crippen molar-refractivity contribution < 1.29 is 19.2 Å². The lowest BCUT2D eigenvalue weighted by Gasteiger charge is -2.18. The zero-order valence-corrected chi connectivity index (χ0v) is 11.5. The summed E-state index contributed by atoms with van der Waals surface area (Å²) < 4.78 is 8.74. The van der Waals surface area contributed by atoms with Crippen LogP contribution in [0.3, 0.4) is 0 Å². The van der Waals surface area contributed by atoms with Crippen LogP contribution in [0.5, 0.6) is 0 Å². The van der Waals surface area contributed by atoms with Crippen LogP contribution in [0.25, 0.3) is 0 Å². The molecule has 8 nitrogen and oxygen atoms in total. The molecule has 19 heavy (non-hydrogen) atoms. The number of rotatable bonds is 5. The lowest BCUT2D eigenvalue weighted by atomic mass is 10.2. The third-order valence-electron chi connectivity index (χ3n) is 1.51. The number of anilines is 1. The quantitative estimate of drug-likeness (QED) is 0.469. The van der Waals surface area contributed by atoms with Crippen LogP contribution in [0.15, 0.2) is 5.16 Å². The van der Waals surface area contributed by atoms with Crippen molar-refractivity contribution in [1.82, 2.24) is 9.36 Å². The maximum absolute atomic E-state index is 11.3. The van der Waals surface area contributed by atoms with Gasteiger partial charge >= 0.3 is 5.97 Å². The van der Waals surface area contributed by atoms with Gasteiger partial charge in [0.25, 0.3) is 6.29 Å². The molecule has 0 amide bonds. The van der Waals surface area contributed by atoms with E-state index in [4.69, 9.17) is 15.3 Å². The van der Waals surface area contributed by atoms with Gasteiger partial charge in [-0.15, -0.1) is 0 Å². The summed E-state index contributed by atoms with van der Waals surface area (Å²) in [7, 11) is 0. The Labute approximate surface area is 113 Å². The Morgan fingerprint density at radius 3 is 2.68 bits per heavy atom. The van der Waals surface area contributed by atoms with Crippen LogP contribution in [0.2, 0.25) is 0 Å². The van der Waals surface area contributed by atoms with E-state index in [9.17, 15) is 9.59 Å². The molecule has 0 aliphatic heterocycles. The minimum atomic E-state index is -0.616. The number of carbonyl (C=O) groups is 1. The molecule has 1 aromatic heterocycles. The minimum absolute atomic E-state index is 0.00156. The number of esters is 1. The van der Waals surface area contributed by atoms with Crippen molar-refractivity contribution in [1.29, 1.82) is 0 Å². The SMILES string of the molecule is CC(C)(C)OC(=O)CO/N=C(\[C]=O)c1nsc(N)n1. The summed E-state index contributed by atoms with van der Waals surface area (Å²) in [6.45, 7) is 4.74. The molecule has 1 radical (unpaired) electrons. The molecule has 0 fully saturated rings. The number of hydrogen-bond donors (Lipinski definition) is 1. The molecule has 1 aromatic rings.